The summed E-state index contributed by atoms with van der Waals surface area (Å²) in [5, 5.41) is 0. The number of aromatic amines is 1. The number of hydrogen-bond acceptors (Lipinski definition) is 2. The maximum atomic E-state index is 13.3. The zero-order valence-electron chi connectivity index (χ0n) is 8.43. The van der Waals surface area contributed by atoms with E-state index in [4.69, 9.17) is 0 Å². The van der Waals surface area contributed by atoms with Crippen LogP contribution < -0.4 is 5.69 Å². The van der Waals surface area contributed by atoms with Gasteiger partial charge in [-0.1, -0.05) is 0 Å². The molecule has 0 radical (unpaired) electrons. The number of aromatic nitrogens is 2. The van der Waals surface area contributed by atoms with Gasteiger partial charge in [0.05, 0.1) is 11.0 Å². The molecule has 0 aliphatic heterocycles. The molecule has 92 valence electrons. The molecule has 0 fully saturated rings. The van der Waals surface area contributed by atoms with Gasteiger partial charge in [0, 0.05) is 6.26 Å². The number of H-pyrrole nitrogens is 1. The fourth-order valence-electron chi connectivity index (χ4n) is 1.59. The van der Waals surface area contributed by atoms with Crippen molar-refractivity contribution in [1.82, 2.24) is 8.96 Å². The first-order chi connectivity index (χ1) is 7.86. The molecule has 0 atom stereocenters. The molecule has 0 spiro atoms. The molecular formula is C9H6F4N2OS. The molecule has 3 nitrogen and oxygen atoms in total. The fraction of sp³-hybridized carbons (Fsp3) is 0.222. The van der Waals surface area contributed by atoms with Gasteiger partial charge in [-0.2, -0.15) is 13.2 Å². The van der Waals surface area contributed by atoms with Crippen molar-refractivity contribution in [1.29, 1.82) is 0 Å². The zero-order valence-corrected chi connectivity index (χ0v) is 9.25. The second-order valence-corrected chi connectivity index (χ2v) is 3.95. The van der Waals surface area contributed by atoms with Gasteiger partial charge in [0.25, 0.3) is 0 Å². The lowest BCUT2D eigenvalue weighted by Gasteiger charge is -2.10. The smallest absolute Gasteiger partial charge is 0.305 e. The van der Waals surface area contributed by atoms with E-state index in [9.17, 15) is 22.4 Å². The highest BCUT2D eigenvalue weighted by molar-refractivity contribution is 7.97. The average Bonchev–Trinajstić information content (AvgIpc) is 2.51. The number of rotatable bonds is 1. The molecule has 0 aliphatic carbocycles. The predicted molar refractivity (Wildman–Crippen MR) is 56.4 cm³/mol. The van der Waals surface area contributed by atoms with Crippen molar-refractivity contribution < 1.29 is 17.6 Å². The third kappa shape index (κ3) is 1.82. The molecule has 0 saturated heterocycles. The lowest BCUT2D eigenvalue weighted by molar-refractivity contribution is -0.138. The van der Waals surface area contributed by atoms with Crippen molar-refractivity contribution in [2.24, 2.45) is 0 Å². The standard InChI is InChI=1S/C9H6F4N2OS/c1-17-15-7-5(14-8(15)16)3-2-4(10)6(7)9(11,12)13/h2-3H,1H3,(H,14,16). The van der Waals surface area contributed by atoms with Crippen LogP contribution in [-0.4, -0.2) is 15.2 Å². The Morgan fingerprint density at radius 1 is 1.35 bits per heavy atom. The molecule has 0 amide bonds. The molecule has 2 rings (SSSR count). The summed E-state index contributed by atoms with van der Waals surface area (Å²) in [6, 6.07) is 1.79. The van der Waals surface area contributed by atoms with Gasteiger partial charge in [-0.25, -0.2) is 13.2 Å². The summed E-state index contributed by atoms with van der Waals surface area (Å²) >= 11 is 0.777. The minimum atomic E-state index is -4.85. The summed E-state index contributed by atoms with van der Waals surface area (Å²) in [5.74, 6) is -1.40. The van der Waals surface area contributed by atoms with Crippen LogP contribution in [0.1, 0.15) is 5.56 Å². The second-order valence-electron chi connectivity index (χ2n) is 3.22. The predicted octanol–water partition coefficient (Wildman–Crippen LogP) is 2.61. The van der Waals surface area contributed by atoms with Crippen LogP contribution in [0.2, 0.25) is 0 Å². The number of benzene rings is 1. The van der Waals surface area contributed by atoms with E-state index in [1.165, 1.54) is 6.26 Å². The highest BCUT2D eigenvalue weighted by Gasteiger charge is 2.38. The summed E-state index contributed by atoms with van der Waals surface area (Å²) < 4.78 is 52.2. The van der Waals surface area contributed by atoms with Gasteiger partial charge in [-0.05, 0) is 24.1 Å². The Hall–Kier alpha value is -1.44. The van der Waals surface area contributed by atoms with Gasteiger partial charge in [0.1, 0.15) is 11.4 Å². The number of nitrogens with one attached hydrogen (secondary N) is 1. The van der Waals surface area contributed by atoms with E-state index in [1.54, 1.807) is 0 Å². The summed E-state index contributed by atoms with van der Waals surface area (Å²) in [6.07, 6.45) is -3.42. The molecule has 1 aromatic carbocycles. The highest BCUT2D eigenvalue weighted by atomic mass is 32.2. The Morgan fingerprint density at radius 2 is 2.00 bits per heavy atom. The Kier molecular flexibility index (Phi) is 2.69. The van der Waals surface area contributed by atoms with E-state index in [0.29, 0.717) is 6.07 Å². The first-order valence-corrected chi connectivity index (χ1v) is 5.59. The summed E-state index contributed by atoms with van der Waals surface area (Å²) in [5.41, 5.74) is -2.67. The maximum Gasteiger partial charge on any atom is 0.421 e. The molecule has 17 heavy (non-hydrogen) atoms. The van der Waals surface area contributed by atoms with Gasteiger partial charge in [-0.3, -0.25) is 0 Å². The SMILES string of the molecule is CSn1c(=O)[nH]c2ccc(F)c(C(F)(F)F)c21. The molecular weight excluding hydrogens is 260 g/mol. The van der Waals surface area contributed by atoms with Crippen molar-refractivity contribution in [3.63, 3.8) is 0 Å². The van der Waals surface area contributed by atoms with Crippen LogP contribution >= 0.6 is 11.9 Å². The van der Waals surface area contributed by atoms with E-state index in [0.717, 1.165) is 22.0 Å². The van der Waals surface area contributed by atoms with Crippen LogP contribution in [0, 0.1) is 5.82 Å². The number of imidazole rings is 1. The van der Waals surface area contributed by atoms with Gasteiger partial charge in [0.15, 0.2) is 0 Å². The number of nitrogens with zero attached hydrogens (tertiary/aromatic N) is 1. The average molecular weight is 266 g/mol. The number of fused-ring (bicyclic) bond motifs is 1. The molecule has 0 aliphatic rings. The van der Waals surface area contributed by atoms with Crippen LogP contribution in [0.4, 0.5) is 17.6 Å². The minimum absolute atomic E-state index is 0.0434. The third-order valence-corrected chi connectivity index (χ3v) is 2.94. The first-order valence-electron chi connectivity index (χ1n) is 4.41. The van der Waals surface area contributed by atoms with E-state index < -0.39 is 28.8 Å². The quantitative estimate of drug-likeness (QED) is 0.806. The molecule has 0 saturated carbocycles. The van der Waals surface area contributed by atoms with Crippen molar-refractivity contribution in [3.8, 4) is 0 Å². The normalized spacial score (nSPS) is 12.3. The molecule has 1 aromatic heterocycles. The Balaban J connectivity index is 2.98. The van der Waals surface area contributed by atoms with Crippen LogP contribution in [0.3, 0.4) is 0 Å². The third-order valence-electron chi connectivity index (χ3n) is 2.22. The number of hydrogen-bond donors (Lipinski definition) is 1. The lowest BCUT2D eigenvalue weighted by atomic mass is 10.1. The largest absolute Gasteiger partial charge is 0.421 e. The van der Waals surface area contributed by atoms with Crippen molar-refractivity contribution in [3.05, 3.63) is 34.0 Å². The monoisotopic (exact) mass is 266 g/mol. The van der Waals surface area contributed by atoms with Gasteiger partial charge < -0.3 is 4.98 Å². The van der Waals surface area contributed by atoms with E-state index in [1.807, 2.05) is 0 Å². The molecule has 2 aromatic rings. The van der Waals surface area contributed by atoms with Crippen molar-refractivity contribution in [2.75, 3.05) is 6.26 Å². The Labute approximate surface area is 96.6 Å². The molecule has 1 heterocycles. The van der Waals surface area contributed by atoms with Crippen molar-refractivity contribution in [2.45, 2.75) is 6.18 Å². The topological polar surface area (TPSA) is 37.8 Å². The summed E-state index contributed by atoms with van der Waals surface area (Å²) in [4.78, 5) is 13.6. The fourth-order valence-corrected chi connectivity index (χ4v) is 2.17. The molecule has 8 heteroatoms. The zero-order chi connectivity index (χ0) is 12.8. The Morgan fingerprint density at radius 3 is 2.53 bits per heavy atom. The van der Waals surface area contributed by atoms with Gasteiger partial charge in [-0.15, -0.1) is 0 Å². The second kappa shape index (κ2) is 3.80. The minimum Gasteiger partial charge on any atom is -0.305 e. The van der Waals surface area contributed by atoms with Crippen LogP contribution in [0.5, 0.6) is 0 Å². The van der Waals surface area contributed by atoms with E-state index in [2.05, 4.69) is 4.98 Å². The summed E-state index contributed by atoms with van der Waals surface area (Å²) in [7, 11) is 0. The van der Waals surface area contributed by atoms with E-state index >= 15 is 0 Å². The first kappa shape index (κ1) is 12.0. The molecule has 0 unspecified atom stereocenters. The van der Waals surface area contributed by atoms with Crippen molar-refractivity contribution >= 4 is 23.0 Å². The van der Waals surface area contributed by atoms with Crippen LogP contribution in [-0.2, 0) is 6.18 Å². The Bertz CT molecular complexity index is 628. The van der Waals surface area contributed by atoms with Crippen LogP contribution in [0.25, 0.3) is 11.0 Å². The van der Waals surface area contributed by atoms with Gasteiger partial charge in [0.2, 0.25) is 0 Å². The van der Waals surface area contributed by atoms with Gasteiger partial charge >= 0.3 is 11.9 Å². The van der Waals surface area contributed by atoms with Crippen LogP contribution in [0.15, 0.2) is 16.9 Å². The number of halogens is 4. The van der Waals surface area contributed by atoms with E-state index in [-0.39, 0.29) is 5.52 Å². The number of alkyl halides is 3. The lowest BCUT2D eigenvalue weighted by Crippen LogP contribution is -2.14. The highest BCUT2D eigenvalue weighted by Crippen LogP contribution is 2.36. The maximum absolute atomic E-state index is 13.3. The summed E-state index contributed by atoms with van der Waals surface area (Å²) in [6.45, 7) is 0. The molecule has 0 bridgehead atoms. The molecule has 1 N–H and O–H groups in total.